The molecule has 0 aliphatic rings. The highest BCUT2D eigenvalue weighted by Crippen LogP contribution is 2.39. The molecule has 0 saturated carbocycles. The van der Waals surface area contributed by atoms with Gasteiger partial charge in [0.05, 0.1) is 12.0 Å². The van der Waals surface area contributed by atoms with Gasteiger partial charge in [0.2, 0.25) is 0 Å². The summed E-state index contributed by atoms with van der Waals surface area (Å²) in [6, 6.07) is 12.1. The average molecular weight is 530 g/mol. The second-order valence-corrected chi connectivity index (χ2v) is 7.54. The van der Waals surface area contributed by atoms with Gasteiger partial charge in [0.15, 0.2) is 0 Å². The highest BCUT2D eigenvalue weighted by molar-refractivity contribution is 14.1. The summed E-state index contributed by atoms with van der Waals surface area (Å²) in [7, 11) is 0. The smallest absolute Gasteiger partial charge is 0.120 e. The number of hydrogen-bond donors (Lipinski definition) is 0. The van der Waals surface area contributed by atoms with Crippen LogP contribution in [0.25, 0.3) is 0 Å². The molecule has 0 aromatic heterocycles. The molecule has 0 heterocycles. The fourth-order valence-corrected chi connectivity index (χ4v) is 4.06. The molecular formula is C15H12Br2ClIO. The lowest BCUT2D eigenvalue weighted by atomic mass is 10.0. The molecule has 2 aromatic carbocycles. The Balaban J connectivity index is 2.38. The van der Waals surface area contributed by atoms with Crippen LogP contribution in [0.4, 0.5) is 0 Å². The van der Waals surface area contributed by atoms with Crippen LogP contribution in [0.15, 0.2) is 45.3 Å². The van der Waals surface area contributed by atoms with E-state index in [1.807, 2.05) is 37.3 Å². The van der Waals surface area contributed by atoms with Crippen LogP contribution in [-0.2, 0) is 0 Å². The van der Waals surface area contributed by atoms with E-state index in [9.17, 15) is 0 Å². The summed E-state index contributed by atoms with van der Waals surface area (Å²) in [4.78, 5) is 0. The molecular weight excluding hydrogens is 518 g/mol. The lowest BCUT2D eigenvalue weighted by Gasteiger charge is -2.15. The van der Waals surface area contributed by atoms with Gasteiger partial charge in [-0.2, -0.15) is 0 Å². The topological polar surface area (TPSA) is 9.23 Å². The van der Waals surface area contributed by atoms with Crippen LogP contribution >= 0.6 is 66.1 Å². The van der Waals surface area contributed by atoms with Crippen molar-refractivity contribution in [3.63, 3.8) is 0 Å². The number of benzene rings is 2. The summed E-state index contributed by atoms with van der Waals surface area (Å²) in [6.45, 7) is 2.62. The zero-order valence-corrected chi connectivity index (χ0v) is 16.8. The third kappa shape index (κ3) is 3.90. The molecule has 5 heteroatoms. The van der Waals surface area contributed by atoms with Crippen molar-refractivity contribution in [2.24, 2.45) is 0 Å². The molecule has 0 bridgehead atoms. The van der Waals surface area contributed by atoms with E-state index < -0.39 is 0 Å². The van der Waals surface area contributed by atoms with Gasteiger partial charge in [0.1, 0.15) is 5.75 Å². The highest BCUT2D eigenvalue weighted by Gasteiger charge is 2.17. The molecule has 0 amide bonds. The zero-order valence-electron chi connectivity index (χ0n) is 10.7. The number of ether oxygens (including phenoxy) is 1. The van der Waals surface area contributed by atoms with Gasteiger partial charge in [-0.1, -0.05) is 37.9 Å². The van der Waals surface area contributed by atoms with Crippen molar-refractivity contribution in [2.45, 2.75) is 12.3 Å². The first-order valence-corrected chi connectivity index (χ1v) is 9.14. The van der Waals surface area contributed by atoms with Crippen LogP contribution in [-0.4, -0.2) is 6.61 Å². The normalized spacial score (nSPS) is 12.2. The first kappa shape index (κ1) is 16.6. The second kappa shape index (κ2) is 7.47. The Morgan fingerprint density at radius 1 is 1.10 bits per heavy atom. The van der Waals surface area contributed by atoms with Gasteiger partial charge in [-0.05, 0) is 71.0 Å². The van der Waals surface area contributed by atoms with E-state index in [2.05, 4.69) is 60.5 Å². The Hall–Kier alpha value is 0.220. The van der Waals surface area contributed by atoms with Gasteiger partial charge < -0.3 is 4.74 Å². The molecule has 0 spiro atoms. The van der Waals surface area contributed by atoms with Crippen LogP contribution in [0.2, 0.25) is 0 Å². The summed E-state index contributed by atoms with van der Waals surface area (Å²) in [5, 5.41) is -0.218. The van der Waals surface area contributed by atoms with Crippen molar-refractivity contribution >= 4 is 66.1 Å². The van der Waals surface area contributed by atoms with Gasteiger partial charge >= 0.3 is 0 Å². The molecule has 2 aromatic rings. The Morgan fingerprint density at radius 2 is 1.85 bits per heavy atom. The van der Waals surface area contributed by atoms with Crippen LogP contribution < -0.4 is 4.74 Å². The summed E-state index contributed by atoms with van der Waals surface area (Å²) in [5.74, 6) is 0.841. The van der Waals surface area contributed by atoms with E-state index in [0.717, 1.165) is 29.4 Å². The van der Waals surface area contributed by atoms with E-state index >= 15 is 0 Å². The van der Waals surface area contributed by atoms with Crippen molar-refractivity contribution in [3.05, 3.63) is 60.0 Å². The maximum Gasteiger partial charge on any atom is 0.120 e. The first-order chi connectivity index (χ1) is 9.52. The van der Waals surface area contributed by atoms with E-state index in [4.69, 9.17) is 16.3 Å². The number of halogens is 4. The third-order valence-electron chi connectivity index (χ3n) is 2.79. The largest absolute Gasteiger partial charge is 0.494 e. The summed E-state index contributed by atoms with van der Waals surface area (Å²) < 4.78 is 8.61. The van der Waals surface area contributed by atoms with Crippen molar-refractivity contribution < 1.29 is 4.74 Å². The quantitative estimate of drug-likeness (QED) is 0.322. The highest BCUT2D eigenvalue weighted by atomic mass is 127. The molecule has 106 valence electrons. The van der Waals surface area contributed by atoms with E-state index in [0.29, 0.717) is 6.61 Å². The van der Waals surface area contributed by atoms with Gasteiger partial charge in [-0.15, -0.1) is 11.6 Å². The van der Waals surface area contributed by atoms with Crippen molar-refractivity contribution in [1.29, 1.82) is 0 Å². The minimum atomic E-state index is -0.218. The molecule has 1 atom stereocenters. The maximum atomic E-state index is 6.64. The SMILES string of the molecule is CCOc1ccc(C(Cl)c2cc(I)ccc2Br)c(Br)c1. The molecule has 0 N–H and O–H groups in total. The van der Waals surface area contributed by atoms with Crippen molar-refractivity contribution in [2.75, 3.05) is 6.61 Å². The predicted octanol–water partition coefficient (Wildman–Crippen LogP) is 6.54. The molecule has 20 heavy (non-hydrogen) atoms. The average Bonchev–Trinajstić information content (AvgIpc) is 2.41. The monoisotopic (exact) mass is 528 g/mol. The van der Waals surface area contributed by atoms with Crippen LogP contribution in [0.1, 0.15) is 23.4 Å². The molecule has 2 rings (SSSR count). The number of rotatable bonds is 4. The fourth-order valence-electron chi connectivity index (χ4n) is 1.85. The van der Waals surface area contributed by atoms with E-state index in [1.165, 1.54) is 0 Å². The van der Waals surface area contributed by atoms with Gasteiger partial charge in [-0.25, -0.2) is 0 Å². The molecule has 0 radical (unpaired) electrons. The lowest BCUT2D eigenvalue weighted by molar-refractivity contribution is 0.340. The van der Waals surface area contributed by atoms with Gasteiger partial charge in [-0.3, -0.25) is 0 Å². The standard InChI is InChI=1S/C15H12Br2ClIO/c1-2-20-10-4-5-11(14(17)8-10)15(18)12-7-9(19)3-6-13(12)16/h3-8,15H,2H2,1H3. The van der Waals surface area contributed by atoms with Gasteiger partial charge in [0.25, 0.3) is 0 Å². The Labute approximate surface area is 154 Å². The summed E-state index contributed by atoms with van der Waals surface area (Å²) >= 11 is 16.1. The Bertz CT molecular complexity index is 619. The zero-order chi connectivity index (χ0) is 14.7. The summed E-state index contributed by atoms with van der Waals surface area (Å²) in [6.07, 6.45) is 0. The molecule has 0 saturated heterocycles. The summed E-state index contributed by atoms with van der Waals surface area (Å²) in [5.41, 5.74) is 2.08. The maximum absolute atomic E-state index is 6.64. The van der Waals surface area contributed by atoms with Crippen LogP contribution in [0, 0.1) is 3.57 Å². The number of alkyl halides is 1. The van der Waals surface area contributed by atoms with Gasteiger partial charge in [0, 0.05) is 12.5 Å². The number of hydrogen-bond acceptors (Lipinski definition) is 1. The van der Waals surface area contributed by atoms with Crippen molar-refractivity contribution in [1.82, 2.24) is 0 Å². The van der Waals surface area contributed by atoms with Crippen LogP contribution in [0.5, 0.6) is 5.75 Å². The molecule has 1 unspecified atom stereocenters. The predicted molar refractivity (Wildman–Crippen MR) is 99.9 cm³/mol. The minimum absolute atomic E-state index is 0.218. The second-order valence-electron chi connectivity index (χ2n) is 4.14. The van der Waals surface area contributed by atoms with Crippen LogP contribution in [0.3, 0.4) is 0 Å². The molecule has 0 aliphatic heterocycles. The first-order valence-electron chi connectivity index (χ1n) is 6.04. The molecule has 0 fully saturated rings. The fraction of sp³-hybridized carbons (Fsp3) is 0.200. The molecule has 1 nitrogen and oxygen atoms in total. The Kier molecular flexibility index (Phi) is 6.20. The minimum Gasteiger partial charge on any atom is -0.494 e. The van der Waals surface area contributed by atoms with E-state index in [1.54, 1.807) is 0 Å². The van der Waals surface area contributed by atoms with E-state index in [-0.39, 0.29) is 5.38 Å². The third-order valence-corrected chi connectivity index (χ3v) is 5.34. The van der Waals surface area contributed by atoms with Crippen molar-refractivity contribution in [3.8, 4) is 5.75 Å². The molecule has 0 aliphatic carbocycles. The Morgan fingerprint density at radius 3 is 2.50 bits per heavy atom. The lowest BCUT2D eigenvalue weighted by Crippen LogP contribution is -1.98.